The molecule has 0 atom stereocenters. The minimum absolute atomic E-state index is 0.682. The van der Waals surface area contributed by atoms with Crippen molar-refractivity contribution in [2.75, 3.05) is 12.4 Å². The van der Waals surface area contributed by atoms with Crippen molar-refractivity contribution in [2.24, 2.45) is 0 Å². The number of anilines is 1. The van der Waals surface area contributed by atoms with Crippen LogP contribution in [0.2, 0.25) is 0 Å². The van der Waals surface area contributed by atoms with Gasteiger partial charge in [-0.2, -0.15) is 0 Å². The second-order valence-electron chi connectivity index (χ2n) is 2.22. The summed E-state index contributed by atoms with van der Waals surface area (Å²) in [5.41, 5.74) is 2.63. The number of aryl methyl sites for hydroxylation is 1. The Morgan fingerprint density at radius 1 is 1.55 bits per heavy atom. The third-order valence-corrected chi connectivity index (χ3v) is 1.50. The molecule has 11 heavy (non-hydrogen) atoms. The highest BCUT2D eigenvalue weighted by Gasteiger charge is 1.96. The fourth-order valence-electron chi connectivity index (χ4n) is 0.906. The fraction of sp³-hybridized carbons (Fsp3) is 0.222. The third-order valence-electron chi connectivity index (χ3n) is 1.50. The summed E-state index contributed by atoms with van der Waals surface area (Å²) >= 11 is 0. The van der Waals surface area contributed by atoms with E-state index in [0.29, 0.717) is 5.69 Å². The molecule has 0 saturated heterocycles. The summed E-state index contributed by atoms with van der Waals surface area (Å²) in [7, 11) is 1.86. The second kappa shape index (κ2) is 3.07. The lowest BCUT2D eigenvalue weighted by Gasteiger charge is -2.02. The third kappa shape index (κ3) is 1.50. The Kier molecular flexibility index (Phi) is 2.12. The standard InChI is InChI=1S/C9H10N2/c1-4-8-5-6-9(10-3)7(2)11-8/h1,5-6,10H,2-3H3. The number of nitrogens with zero attached hydrogens (tertiary/aromatic N) is 1. The van der Waals surface area contributed by atoms with Crippen LogP contribution in [-0.2, 0) is 0 Å². The van der Waals surface area contributed by atoms with E-state index in [0.717, 1.165) is 11.4 Å². The molecule has 0 radical (unpaired) electrons. The molecule has 0 aliphatic rings. The van der Waals surface area contributed by atoms with Crippen molar-refractivity contribution in [1.29, 1.82) is 0 Å². The summed E-state index contributed by atoms with van der Waals surface area (Å²) in [6, 6.07) is 3.75. The molecule has 0 spiro atoms. The Labute approximate surface area is 66.7 Å². The minimum atomic E-state index is 0.682. The van der Waals surface area contributed by atoms with Crippen molar-refractivity contribution in [3.63, 3.8) is 0 Å². The van der Waals surface area contributed by atoms with Crippen molar-refractivity contribution in [3.8, 4) is 12.3 Å². The summed E-state index contributed by atoms with van der Waals surface area (Å²) in [6.07, 6.45) is 5.18. The van der Waals surface area contributed by atoms with E-state index >= 15 is 0 Å². The zero-order valence-electron chi connectivity index (χ0n) is 6.68. The molecule has 2 nitrogen and oxygen atoms in total. The first kappa shape index (κ1) is 7.62. The number of aromatic nitrogens is 1. The van der Waals surface area contributed by atoms with Crippen LogP contribution >= 0.6 is 0 Å². The molecular weight excluding hydrogens is 136 g/mol. The van der Waals surface area contributed by atoms with E-state index < -0.39 is 0 Å². The van der Waals surface area contributed by atoms with Crippen LogP contribution in [0.5, 0.6) is 0 Å². The molecule has 0 fully saturated rings. The Morgan fingerprint density at radius 3 is 2.73 bits per heavy atom. The van der Waals surface area contributed by atoms with Gasteiger partial charge in [-0.15, -0.1) is 6.42 Å². The van der Waals surface area contributed by atoms with E-state index in [-0.39, 0.29) is 0 Å². The van der Waals surface area contributed by atoms with Crippen molar-refractivity contribution < 1.29 is 0 Å². The van der Waals surface area contributed by atoms with E-state index in [1.54, 1.807) is 0 Å². The van der Waals surface area contributed by atoms with Crippen LogP contribution in [0.3, 0.4) is 0 Å². The largest absolute Gasteiger partial charge is 0.387 e. The highest BCUT2D eigenvalue weighted by molar-refractivity contribution is 5.48. The summed E-state index contributed by atoms with van der Waals surface area (Å²) in [5, 5.41) is 3.02. The van der Waals surface area contributed by atoms with Gasteiger partial charge in [-0.05, 0) is 19.1 Å². The van der Waals surface area contributed by atoms with Gasteiger partial charge in [0.25, 0.3) is 0 Å². The predicted octanol–water partition coefficient (Wildman–Crippen LogP) is 1.41. The fourth-order valence-corrected chi connectivity index (χ4v) is 0.906. The molecule has 0 aromatic carbocycles. The molecule has 1 rings (SSSR count). The van der Waals surface area contributed by atoms with Crippen molar-refractivity contribution in [2.45, 2.75) is 6.92 Å². The molecule has 1 aromatic rings. The maximum Gasteiger partial charge on any atom is 0.113 e. The van der Waals surface area contributed by atoms with Gasteiger partial charge in [0.05, 0.1) is 11.4 Å². The number of rotatable bonds is 1. The Balaban J connectivity index is 3.12. The molecule has 1 aromatic heterocycles. The monoisotopic (exact) mass is 146 g/mol. The number of hydrogen-bond donors (Lipinski definition) is 1. The van der Waals surface area contributed by atoms with Gasteiger partial charge in [-0.3, -0.25) is 0 Å². The highest BCUT2D eigenvalue weighted by atomic mass is 14.9. The average Bonchev–Trinajstić information content (AvgIpc) is 2.04. The molecular formula is C9H10N2. The van der Waals surface area contributed by atoms with Crippen LogP contribution in [0.25, 0.3) is 0 Å². The molecule has 0 amide bonds. The van der Waals surface area contributed by atoms with E-state index in [9.17, 15) is 0 Å². The Bertz CT molecular complexity index is 297. The molecule has 56 valence electrons. The molecule has 0 aliphatic heterocycles. The van der Waals surface area contributed by atoms with Crippen LogP contribution in [-0.4, -0.2) is 12.0 Å². The van der Waals surface area contributed by atoms with Crippen LogP contribution in [0.1, 0.15) is 11.4 Å². The van der Waals surface area contributed by atoms with Gasteiger partial charge in [0.1, 0.15) is 5.69 Å². The van der Waals surface area contributed by atoms with Gasteiger partial charge in [-0.25, -0.2) is 4.98 Å². The summed E-state index contributed by atoms with van der Waals surface area (Å²) in [6.45, 7) is 1.92. The number of hydrogen-bond acceptors (Lipinski definition) is 2. The first-order valence-electron chi connectivity index (χ1n) is 3.40. The van der Waals surface area contributed by atoms with Gasteiger partial charge >= 0.3 is 0 Å². The first-order valence-corrected chi connectivity index (χ1v) is 3.40. The van der Waals surface area contributed by atoms with Gasteiger partial charge < -0.3 is 5.32 Å². The quantitative estimate of drug-likeness (QED) is 0.606. The van der Waals surface area contributed by atoms with Crippen LogP contribution < -0.4 is 5.32 Å². The molecule has 0 aliphatic carbocycles. The smallest absolute Gasteiger partial charge is 0.113 e. The molecule has 2 heteroatoms. The maximum absolute atomic E-state index is 5.18. The zero-order chi connectivity index (χ0) is 8.27. The topological polar surface area (TPSA) is 24.9 Å². The molecule has 1 heterocycles. The summed E-state index contributed by atoms with van der Waals surface area (Å²) in [5.74, 6) is 2.48. The molecule has 0 unspecified atom stereocenters. The van der Waals surface area contributed by atoms with Crippen molar-refractivity contribution in [3.05, 3.63) is 23.5 Å². The van der Waals surface area contributed by atoms with Crippen molar-refractivity contribution >= 4 is 5.69 Å². The van der Waals surface area contributed by atoms with Gasteiger partial charge in [0, 0.05) is 7.05 Å². The van der Waals surface area contributed by atoms with Crippen molar-refractivity contribution in [1.82, 2.24) is 4.98 Å². The number of nitrogens with one attached hydrogen (secondary N) is 1. The Hall–Kier alpha value is -1.49. The lowest BCUT2D eigenvalue weighted by molar-refractivity contribution is 1.17. The first-order chi connectivity index (χ1) is 5.27. The van der Waals surface area contributed by atoms with Crippen LogP contribution in [0.4, 0.5) is 5.69 Å². The number of terminal acetylenes is 1. The minimum Gasteiger partial charge on any atom is -0.387 e. The highest BCUT2D eigenvalue weighted by Crippen LogP contribution is 2.10. The normalized spacial score (nSPS) is 8.82. The van der Waals surface area contributed by atoms with E-state index in [1.807, 2.05) is 26.1 Å². The van der Waals surface area contributed by atoms with Gasteiger partial charge in [-0.1, -0.05) is 5.92 Å². The predicted molar refractivity (Wildman–Crippen MR) is 46.5 cm³/mol. The maximum atomic E-state index is 5.18. The average molecular weight is 146 g/mol. The molecule has 0 bridgehead atoms. The van der Waals surface area contributed by atoms with Gasteiger partial charge in [0.2, 0.25) is 0 Å². The van der Waals surface area contributed by atoms with Crippen LogP contribution in [0.15, 0.2) is 12.1 Å². The molecule has 1 N–H and O–H groups in total. The van der Waals surface area contributed by atoms with E-state index in [4.69, 9.17) is 6.42 Å². The Morgan fingerprint density at radius 2 is 2.27 bits per heavy atom. The van der Waals surface area contributed by atoms with E-state index in [1.165, 1.54) is 0 Å². The number of pyridine rings is 1. The van der Waals surface area contributed by atoms with Gasteiger partial charge in [0.15, 0.2) is 0 Å². The lowest BCUT2D eigenvalue weighted by Crippen LogP contribution is -1.95. The SMILES string of the molecule is C#Cc1ccc(NC)c(C)n1. The summed E-state index contributed by atoms with van der Waals surface area (Å²) in [4.78, 5) is 4.16. The second-order valence-corrected chi connectivity index (χ2v) is 2.22. The summed E-state index contributed by atoms with van der Waals surface area (Å²) < 4.78 is 0. The van der Waals surface area contributed by atoms with E-state index in [2.05, 4.69) is 16.2 Å². The van der Waals surface area contributed by atoms with Crippen LogP contribution in [0, 0.1) is 19.3 Å². The molecule has 0 saturated carbocycles. The lowest BCUT2D eigenvalue weighted by atomic mass is 10.3. The zero-order valence-corrected chi connectivity index (χ0v) is 6.68.